The number of nitrogens with zero attached hydrogens (tertiary/aromatic N) is 5. The second-order valence-corrected chi connectivity index (χ2v) is 38.5. The highest BCUT2D eigenvalue weighted by Crippen LogP contribution is 2.45. The maximum atomic E-state index is 16.4. The molecular formula is C96H148N28O23S. The Balaban J connectivity index is 1.50. The lowest BCUT2D eigenvalue weighted by Crippen LogP contribution is -2.62. The molecule has 0 bridgehead atoms. The van der Waals surface area contributed by atoms with Crippen LogP contribution in [0.15, 0.2) is 61.2 Å². The predicted molar refractivity (Wildman–Crippen MR) is 543 cm³/mol. The zero-order chi connectivity index (χ0) is 111. The molecule has 0 aliphatic heterocycles. The van der Waals surface area contributed by atoms with Gasteiger partial charge in [0.1, 0.15) is 109 Å². The van der Waals surface area contributed by atoms with Crippen molar-refractivity contribution in [2.45, 2.75) is 302 Å². The van der Waals surface area contributed by atoms with Crippen LogP contribution in [0.4, 0.5) is 10.6 Å². The molecule has 52 heteroatoms. The van der Waals surface area contributed by atoms with Gasteiger partial charge < -0.3 is 135 Å². The molecule has 0 spiro atoms. The molecule has 148 heavy (non-hydrogen) atoms. The number of amides is 22. The van der Waals surface area contributed by atoms with E-state index < -0.39 is 297 Å². The van der Waals surface area contributed by atoms with Crippen LogP contribution in [0.2, 0.25) is 0 Å². The van der Waals surface area contributed by atoms with Gasteiger partial charge in [-0.1, -0.05) is 104 Å². The first-order valence-corrected chi connectivity index (χ1v) is 49.9. The zero-order valence-corrected chi connectivity index (χ0v) is 86.8. The Morgan fingerprint density at radius 1 is 0.392 bits per heavy atom. The number of imide groups is 1. The normalized spacial score (nSPS) is 14.6. The Morgan fingerprint density at radius 3 is 1.18 bits per heavy atom. The number of thiol groups is 1. The number of nitrogens with one attached hydrogen (secondary N) is 16. The summed E-state index contributed by atoms with van der Waals surface area (Å²) in [7, 11) is 0. The van der Waals surface area contributed by atoms with Crippen molar-refractivity contribution in [2.75, 3.05) is 44.3 Å². The van der Waals surface area contributed by atoms with Gasteiger partial charge in [-0.25, -0.2) is 24.6 Å². The van der Waals surface area contributed by atoms with E-state index in [4.69, 9.17) is 44.9 Å². The number of nitrogen functional groups attached to an aromatic ring is 1. The Kier molecular flexibility index (Phi) is 51.7. The summed E-state index contributed by atoms with van der Waals surface area (Å²) >= 11 is 4.04. The molecule has 0 fully saturated rings. The van der Waals surface area contributed by atoms with Gasteiger partial charge in [0.25, 0.3) is 5.91 Å². The molecular weight excluding hydrogens is 1950 g/mol. The molecule has 0 saturated heterocycles. The first kappa shape index (κ1) is 124. The number of carbonyl (C=O) groups is 22. The predicted octanol–water partition coefficient (Wildman–Crippen LogP) is -4.28. The van der Waals surface area contributed by atoms with E-state index in [1.165, 1.54) is 45.5 Å². The fourth-order valence-electron chi connectivity index (χ4n) is 15.9. The first-order chi connectivity index (χ1) is 69.8. The largest absolute Gasteiger partial charge is 0.448 e. The van der Waals surface area contributed by atoms with Crippen molar-refractivity contribution in [1.29, 1.82) is 0 Å². The number of primary amides is 4. The molecule has 816 valence electrons. The average molecular weight is 2090 g/mol. The topological polar surface area (TPSA) is 806 Å². The van der Waals surface area contributed by atoms with Gasteiger partial charge in [0.2, 0.25) is 118 Å². The molecule has 15 atom stereocenters. The summed E-state index contributed by atoms with van der Waals surface area (Å²) in [4.78, 5) is 319. The smallest absolute Gasteiger partial charge is 0.417 e. The second kappa shape index (κ2) is 61.8. The van der Waals surface area contributed by atoms with Crippen LogP contribution in [0.5, 0.6) is 0 Å². The van der Waals surface area contributed by atoms with E-state index in [1.54, 1.807) is 67.5 Å². The minimum absolute atomic E-state index is 0.0198. The fraction of sp³-hybridized carbons (Fsp3) is 0.594. The summed E-state index contributed by atoms with van der Waals surface area (Å²) in [6, 6.07) is -8.65. The van der Waals surface area contributed by atoms with Crippen molar-refractivity contribution < 1.29 is 110 Å². The van der Waals surface area contributed by atoms with Crippen LogP contribution in [0.25, 0.3) is 22.3 Å². The van der Waals surface area contributed by atoms with Crippen molar-refractivity contribution in [3.8, 4) is 11.1 Å². The molecule has 0 unspecified atom stereocenters. The molecule has 22 amide bonds. The Bertz CT molecular complexity index is 5290. The molecule has 2 heterocycles. The summed E-state index contributed by atoms with van der Waals surface area (Å²) in [6.07, 6.45) is -2.81. The fourth-order valence-corrected chi connectivity index (χ4v) is 16.1. The molecule has 4 aromatic rings. The Hall–Kier alpha value is -14.6. The van der Waals surface area contributed by atoms with Crippen LogP contribution in [0.3, 0.4) is 0 Å². The number of unbranched alkanes of at least 4 members (excludes halogenated alkanes) is 2. The lowest BCUT2D eigenvalue weighted by atomic mass is 9.98. The number of aryl methyl sites for hydroxylation is 1. The van der Waals surface area contributed by atoms with Crippen LogP contribution in [0.1, 0.15) is 216 Å². The van der Waals surface area contributed by atoms with Gasteiger partial charge >= 0.3 is 6.09 Å². The highest BCUT2D eigenvalue weighted by atomic mass is 32.1. The van der Waals surface area contributed by atoms with E-state index in [-0.39, 0.29) is 118 Å². The number of hydrogen-bond acceptors (Lipinski definition) is 30. The lowest BCUT2D eigenvalue weighted by molar-refractivity contribution is -0.143. The molecule has 2 aromatic carbocycles. The van der Waals surface area contributed by atoms with E-state index in [0.717, 1.165) is 28.6 Å². The molecule has 0 radical (unpaired) electrons. The van der Waals surface area contributed by atoms with E-state index in [2.05, 4.69) is 113 Å². The van der Waals surface area contributed by atoms with Crippen molar-refractivity contribution in [1.82, 2.24) is 109 Å². The standard InChI is InChI=1S/C96H148N28O23S/c1-48(2)38-67(90(140)110-52(9)80(103)131)121-89(139)65(30-33-75(101)128)115-86(136)62(26-18-20-35-97)114-87(137)63(28-31-73(99)126)116-93(143)70(41-51(7)8)120-84(134)55(12)111-82(132)54(11)112-91(141)68(39-49(3)4)122-94(144)72(34-37-123-47-108-78-79(102)106-46-107-81(78)123)124(96(146)147-44-61-59-24-16-14-22-57(59)58-23-15-17-25-60(58)61)95(145)66(27-19-21-36-98)118-88(138)64(29-32-74(100)127)117-92(142)69(40-50(5)6)119-83(133)53(10)109-77(130)43-104-76(129)42-105-85(135)71(45-148)113-56(13)125/h14-17,22-25,46-55,61-72,148H,18-21,26-45,97-98H2,1-13H3,(H2,99,126)(H2,100,127)(H2,101,128)(H2,103,131)(H,104,129)(H,105,135)(H,109,130)(H,110,140)(H,111,132)(H,112,141)(H,113,125)(H,114,137)(H,115,136)(H,116,143)(H,117,142)(H,118,138)(H,119,133)(H,120,134)(H,121,139)(H,122,144)(H2,102,106,107)/t52-,53-,54-,55-,62-,63-,64-,65-,66-,67-,68-,69-,70-,71-,72-/m0/s1. The Labute approximate surface area is 863 Å². The van der Waals surface area contributed by atoms with Crippen LogP contribution < -0.4 is 125 Å². The van der Waals surface area contributed by atoms with Crippen LogP contribution >= 0.6 is 12.6 Å². The van der Waals surface area contributed by atoms with Crippen molar-refractivity contribution in [2.24, 2.45) is 58.1 Å². The van der Waals surface area contributed by atoms with Crippen LogP contribution in [-0.4, -0.2) is 284 Å². The van der Waals surface area contributed by atoms with Crippen molar-refractivity contribution >= 4 is 160 Å². The van der Waals surface area contributed by atoms with Gasteiger partial charge in [-0.3, -0.25) is 101 Å². The van der Waals surface area contributed by atoms with E-state index in [0.29, 0.717) is 11.3 Å². The minimum atomic E-state index is -2.09. The number of aromatic nitrogens is 4. The van der Waals surface area contributed by atoms with Crippen LogP contribution in [-0.2, 0) is 112 Å². The van der Waals surface area contributed by atoms with Crippen molar-refractivity contribution in [3.05, 3.63) is 72.3 Å². The number of imidazole rings is 1. The average Bonchev–Trinajstić information content (AvgIpc) is 1.62. The zero-order valence-electron chi connectivity index (χ0n) is 85.9. The highest BCUT2D eigenvalue weighted by Gasteiger charge is 2.45. The number of carbonyl (C=O) groups excluding carboxylic acids is 22. The monoisotopic (exact) mass is 2090 g/mol. The van der Waals surface area contributed by atoms with E-state index in [9.17, 15) is 81.5 Å². The number of hydrogen-bond donors (Lipinski definition) is 24. The maximum absolute atomic E-state index is 16.4. The first-order valence-electron chi connectivity index (χ1n) is 49.3. The number of benzene rings is 2. The maximum Gasteiger partial charge on any atom is 0.417 e. The highest BCUT2D eigenvalue weighted by molar-refractivity contribution is 7.80. The quantitative estimate of drug-likeness (QED) is 0.0147. The van der Waals surface area contributed by atoms with Crippen LogP contribution in [0, 0.1) is 23.7 Å². The van der Waals surface area contributed by atoms with Crippen molar-refractivity contribution in [3.63, 3.8) is 0 Å². The third-order valence-electron chi connectivity index (χ3n) is 23.7. The summed E-state index contributed by atoms with van der Waals surface area (Å²) in [6.45, 7) is 17.9. The third kappa shape index (κ3) is 41.0. The minimum Gasteiger partial charge on any atom is -0.448 e. The van der Waals surface area contributed by atoms with Gasteiger partial charge in [-0.05, 0) is 177 Å². The molecule has 30 N–H and O–H groups in total. The van der Waals surface area contributed by atoms with Gasteiger partial charge in [0, 0.05) is 44.4 Å². The van der Waals surface area contributed by atoms with Gasteiger partial charge in [0.15, 0.2) is 11.5 Å². The summed E-state index contributed by atoms with van der Waals surface area (Å²) in [5.41, 5.74) is 43.4. The summed E-state index contributed by atoms with van der Waals surface area (Å²) in [5, 5.41) is 40.1. The molecule has 51 nitrogen and oxygen atoms in total. The molecule has 1 aliphatic carbocycles. The van der Waals surface area contributed by atoms with E-state index in [1.807, 2.05) is 36.4 Å². The summed E-state index contributed by atoms with van der Waals surface area (Å²) < 4.78 is 7.69. The second-order valence-electron chi connectivity index (χ2n) is 38.2. The SMILES string of the molecule is CC(=O)N[C@@H](CS)C(=O)NCC(=O)NCC(=O)N[C@@H](C)C(=O)N[C@@H](CC(C)C)C(=O)N[C@@H](CCC(N)=O)C(=O)N[C@@H](CCCCN)C(=O)N(C(=O)OCC1c2ccccc2-c2ccccc21)[C@@H](CCn1cnc2c(N)ncnc21)C(=O)N[C@@H](CC(C)C)C(=O)N[C@@H](C)C(=O)N[C@@H](C)C(=O)N[C@@H](CC(C)C)C(=O)N[C@@H](CCC(N)=O)C(=O)N[C@@H](CCCCN)C(=O)N[C@@H](CCC(N)=O)C(=O)N[C@@H](CC(C)C)C(=O)N[C@@H](C)C(N)=O. The molecule has 5 rings (SSSR count). The number of nitrogens with two attached hydrogens (primary N) is 7. The number of rotatable bonds is 65. The van der Waals surface area contributed by atoms with E-state index >= 15 is 24.0 Å². The van der Waals surface area contributed by atoms with Gasteiger partial charge in [0.05, 0.1) is 19.4 Å². The molecule has 0 saturated carbocycles. The lowest BCUT2D eigenvalue weighted by Gasteiger charge is -2.34. The number of anilines is 1. The molecule has 2 aromatic heterocycles. The van der Waals surface area contributed by atoms with Gasteiger partial charge in [-0.2, -0.15) is 12.6 Å². The number of fused-ring (bicyclic) bond motifs is 4. The molecule has 1 aliphatic rings. The summed E-state index contributed by atoms with van der Waals surface area (Å²) in [5.74, 6) is -22.3. The third-order valence-corrected chi connectivity index (χ3v) is 24.1. The number of ether oxygens (including phenoxy) is 1. The van der Waals surface area contributed by atoms with Gasteiger partial charge in [-0.15, -0.1) is 0 Å². The Morgan fingerprint density at radius 2 is 0.757 bits per heavy atom.